The molecule has 1 aliphatic carbocycles. The third kappa shape index (κ3) is 3.96. The number of carbonyl (C=O) groups excluding carboxylic acids is 1. The first-order valence-corrected chi connectivity index (χ1v) is 10.8. The summed E-state index contributed by atoms with van der Waals surface area (Å²) in [6.07, 6.45) is 5.50. The molecule has 3 fully saturated rings. The maximum absolute atomic E-state index is 13.2. The summed E-state index contributed by atoms with van der Waals surface area (Å²) in [6, 6.07) is 6.24. The van der Waals surface area contributed by atoms with Gasteiger partial charge in [-0.2, -0.15) is 5.26 Å². The lowest BCUT2D eigenvalue weighted by Crippen LogP contribution is -2.59. The Kier molecular flexibility index (Phi) is 6.02. The molecule has 0 amide bonds. The number of carbonyl (C=O) groups is 1. The van der Waals surface area contributed by atoms with Crippen molar-refractivity contribution in [1.29, 1.82) is 5.26 Å². The van der Waals surface area contributed by atoms with Gasteiger partial charge in [0.15, 0.2) is 0 Å². The molecule has 7 nitrogen and oxygen atoms in total. The van der Waals surface area contributed by atoms with E-state index in [1.54, 1.807) is 12.3 Å². The fourth-order valence-electron chi connectivity index (χ4n) is 5.37. The van der Waals surface area contributed by atoms with E-state index in [0.717, 1.165) is 64.3 Å². The highest BCUT2D eigenvalue weighted by Gasteiger charge is 2.54. The summed E-state index contributed by atoms with van der Waals surface area (Å²) in [6.45, 7) is 7.33. The quantitative estimate of drug-likeness (QED) is 0.720. The topological polar surface area (TPSA) is 78.7 Å². The Labute approximate surface area is 172 Å². The molecule has 7 heteroatoms. The number of rotatable bonds is 4. The van der Waals surface area contributed by atoms with Gasteiger partial charge < -0.3 is 14.4 Å². The molecular weight excluding hydrogens is 368 g/mol. The minimum atomic E-state index is -0.485. The van der Waals surface area contributed by atoms with Gasteiger partial charge in [-0.1, -0.05) is 0 Å². The van der Waals surface area contributed by atoms with Crippen LogP contribution >= 0.6 is 0 Å². The second-order valence-electron chi connectivity index (χ2n) is 8.37. The molecule has 3 aliphatic rings. The number of nitrogens with zero attached hydrogens (tertiary/aromatic N) is 4. The van der Waals surface area contributed by atoms with Gasteiger partial charge in [0.2, 0.25) is 0 Å². The summed E-state index contributed by atoms with van der Waals surface area (Å²) in [5, 5.41) is 9.23. The number of aromatic nitrogens is 1. The van der Waals surface area contributed by atoms with Crippen molar-refractivity contribution in [2.75, 3.05) is 50.9 Å². The molecule has 0 bridgehead atoms. The molecule has 0 radical (unpaired) electrons. The minimum absolute atomic E-state index is 0.0634. The molecule has 4 rings (SSSR count). The van der Waals surface area contributed by atoms with Crippen LogP contribution in [-0.2, 0) is 14.3 Å². The summed E-state index contributed by atoms with van der Waals surface area (Å²) in [7, 11) is 0. The smallest absolute Gasteiger partial charge is 0.314 e. The van der Waals surface area contributed by atoms with Crippen molar-refractivity contribution in [3.8, 4) is 6.07 Å². The number of morpholine rings is 1. The van der Waals surface area contributed by atoms with Gasteiger partial charge in [-0.15, -0.1) is 0 Å². The minimum Gasteiger partial charge on any atom is -0.466 e. The van der Waals surface area contributed by atoms with E-state index in [1.807, 2.05) is 13.0 Å². The molecule has 2 aliphatic heterocycles. The van der Waals surface area contributed by atoms with Crippen LogP contribution in [0.2, 0.25) is 0 Å². The van der Waals surface area contributed by atoms with E-state index >= 15 is 0 Å². The number of ether oxygens (including phenoxy) is 2. The summed E-state index contributed by atoms with van der Waals surface area (Å²) in [5.74, 6) is 1.03. The van der Waals surface area contributed by atoms with Crippen molar-refractivity contribution in [1.82, 2.24) is 9.88 Å². The lowest BCUT2D eigenvalue weighted by Gasteiger charge is -2.52. The number of fused-ring (bicyclic) bond motifs is 1. The predicted octanol–water partition coefficient (Wildman–Crippen LogP) is 2.21. The second kappa shape index (κ2) is 8.68. The van der Waals surface area contributed by atoms with Gasteiger partial charge in [0.1, 0.15) is 5.82 Å². The molecule has 0 spiro atoms. The summed E-state index contributed by atoms with van der Waals surface area (Å²) in [4.78, 5) is 22.4. The molecule has 156 valence electrons. The average Bonchev–Trinajstić information content (AvgIpc) is 2.79. The third-order valence-electron chi connectivity index (χ3n) is 6.92. The molecule has 0 N–H and O–H groups in total. The Hall–Kier alpha value is -2.17. The number of piperidine rings is 1. The van der Waals surface area contributed by atoms with Crippen LogP contribution in [0.5, 0.6) is 0 Å². The SMILES string of the molecule is CCOC(=O)[C@@]12CC[C@@H](N3CCOCC3)C[C@H]1CCN(c1cc(C#N)ccn1)C2. The summed E-state index contributed by atoms with van der Waals surface area (Å²) in [5.41, 5.74) is 0.111. The molecule has 0 unspecified atom stereocenters. The van der Waals surface area contributed by atoms with Gasteiger partial charge in [-0.05, 0) is 50.7 Å². The molecular formula is C22H30N4O3. The van der Waals surface area contributed by atoms with E-state index in [2.05, 4.69) is 20.9 Å². The molecule has 1 aromatic rings. The van der Waals surface area contributed by atoms with Crippen LogP contribution in [-0.4, -0.2) is 67.9 Å². The Morgan fingerprint density at radius 2 is 2.21 bits per heavy atom. The maximum atomic E-state index is 13.2. The second-order valence-corrected chi connectivity index (χ2v) is 8.37. The summed E-state index contributed by atoms with van der Waals surface area (Å²) >= 11 is 0. The number of hydrogen-bond acceptors (Lipinski definition) is 7. The zero-order valence-electron chi connectivity index (χ0n) is 17.2. The molecule has 1 saturated carbocycles. The molecule has 2 saturated heterocycles. The van der Waals surface area contributed by atoms with Crippen molar-refractivity contribution in [2.45, 2.75) is 38.6 Å². The lowest BCUT2D eigenvalue weighted by atomic mass is 9.61. The Morgan fingerprint density at radius 1 is 1.38 bits per heavy atom. The van der Waals surface area contributed by atoms with Crippen LogP contribution < -0.4 is 4.90 Å². The number of nitriles is 1. The van der Waals surface area contributed by atoms with E-state index in [0.29, 0.717) is 30.7 Å². The normalized spacial score (nSPS) is 30.3. The first kappa shape index (κ1) is 20.1. The number of hydrogen-bond donors (Lipinski definition) is 0. The summed E-state index contributed by atoms with van der Waals surface area (Å²) < 4.78 is 11.1. The molecule has 0 aromatic carbocycles. The van der Waals surface area contributed by atoms with E-state index in [1.165, 1.54) is 0 Å². The number of pyridine rings is 1. The van der Waals surface area contributed by atoms with Crippen LogP contribution in [0.1, 0.15) is 38.2 Å². The average molecular weight is 399 g/mol. The molecule has 3 heterocycles. The van der Waals surface area contributed by atoms with Crippen LogP contribution in [0.3, 0.4) is 0 Å². The standard InChI is InChI=1S/C22H30N4O3/c1-2-29-21(27)22-6-3-19(25-9-11-28-12-10-25)14-18(22)5-8-26(16-22)20-13-17(15-23)4-7-24-20/h4,7,13,18-19H,2-3,5-6,8-12,14,16H2,1H3/t18-,19-,22-/m1/s1. The lowest BCUT2D eigenvalue weighted by molar-refractivity contribution is -0.164. The van der Waals surface area contributed by atoms with Crippen LogP contribution in [0.25, 0.3) is 0 Å². The van der Waals surface area contributed by atoms with Crippen LogP contribution in [0, 0.1) is 22.7 Å². The third-order valence-corrected chi connectivity index (χ3v) is 6.92. The highest BCUT2D eigenvalue weighted by atomic mass is 16.5. The number of esters is 1. The van der Waals surface area contributed by atoms with E-state index in [4.69, 9.17) is 9.47 Å². The molecule has 1 aromatic heterocycles. The Morgan fingerprint density at radius 3 is 2.97 bits per heavy atom. The van der Waals surface area contributed by atoms with Crippen LogP contribution in [0.15, 0.2) is 18.3 Å². The van der Waals surface area contributed by atoms with Gasteiger partial charge in [-0.3, -0.25) is 9.69 Å². The zero-order valence-corrected chi connectivity index (χ0v) is 17.2. The van der Waals surface area contributed by atoms with Crippen molar-refractivity contribution < 1.29 is 14.3 Å². The molecule has 3 atom stereocenters. The van der Waals surface area contributed by atoms with Crippen molar-refractivity contribution in [3.63, 3.8) is 0 Å². The first-order valence-electron chi connectivity index (χ1n) is 10.8. The predicted molar refractivity (Wildman–Crippen MR) is 108 cm³/mol. The van der Waals surface area contributed by atoms with Gasteiger partial charge in [0.05, 0.1) is 36.9 Å². The maximum Gasteiger partial charge on any atom is 0.314 e. The van der Waals surface area contributed by atoms with Crippen LogP contribution in [0.4, 0.5) is 5.82 Å². The van der Waals surface area contributed by atoms with Gasteiger partial charge in [0, 0.05) is 38.4 Å². The highest BCUT2D eigenvalue weighted by Crippen LogP contribution is 2.49. The monoisotopic (exact) mass is 398 g/mol. The fourth-order valence-corrected chi connectivity index (χ4v) is 5.37. The van der Waals surface area contributed by atoms with Crippen molar-refractivity contribution >= 4 is 11.8 Å². The highest BCUT2D eigenvalue weighted by molar-refractivity contribution is 5.79. The van der Waals surface area contributed by atoms with Gasteiger partial charge in [0.25, 0.3) is 0 Å². The Bertz CT molecular complexity index is 774. The van der Waals surface area contributed by atoms with E-state index < -0.39 is 5.41 Å². The van der Waals surface area contributed by atoms with Crippen molar-refractivity contribution in [3.05, 3.63) is 23.9 Å². The number of anilines is 1. The van der Waals surface area contributed by atoms with E-state index in [-0.39, 0.29) is 5.97 Å². The Balaban J connectivity index is 1.55. The first-order chi connectivity index (χ1) is 14.2. The largest absolute Gasteiger partial charge is 0.466 e. The van der Waals surface area contributed by atoms with Gasteiger partial charge >= 0.3 is 5.97 Å². The fraction of sp³-hybridized carbons (Fsp3) is 0.682. The zero-order chi connectivity index (χ0) is 20.3. The van der Waals surface area contributed by atoms with Crippen molar-refractivity contribution in [2.24, 2.45) is 11.3 Å². The van der Waals surface area contributed by atoms with E-state index in [9.17, 15) is 10.1 Å². The van der Waals surface area contributed by atoms with Gasteiger partial charge in [-0.25, -0.2) is 4.98 Å². The molecule has 29 heavy (non-hydrogen) atoms.